The van der Waals surface area contributed by atoms with Crippen molar-refractivity contribution in [1.29, 1.82) is 0 Å². The zero-order valence-corrected chi connectivity index (χ0v) is 27.4. The van der Waals surface area contributed by atoms with Crippen molar-refractivity contribution >= 4 is 39.2 Å². The molecule has 11 heteroatoms. The summed E-state index contributed by atoms with van der Waals surface area (Å²) in [7, 11) is -3.61. The number of primary sulfonamides is 1. The van der Waals surface area contributed by atoms with Crippen molar-refractivity contribution in [1.82, 2.24) is 5.32 Å². The Kier molecular flexibility index (Phi) is 9.54. The third-order valence-electron chi connectivity index (χ3n) is 9.15. The second kappa shape index (κ2) is 12.9. The molecule has 1 heterocycles. The summed E-state index contributed by atoms with van der Waals surface area (Å²) in [5, 5.41) is 8.45. The maximum Gasteiger partial charge on any atom is 0.338 e. The van der Waals surface area contributed by atoms with Crippen molar-refractivity contribution in [2.75, 3.05) is 36.9 Å². The van der Waals surface area contributed by atoms with Gasteiger partial charge in [-0.15, -0.1) is 0 Å². The Labute approximate surface area is 265 Å². The first-order valence-electron chi connectivity index (χ1n) is 15.5. The topological polar surface area (TPSA) is 128 Å². The first-order valence-corrected chi connectivity index (χ1v) is 17.6. The van der Waals surface area contributed by atoms with E-state index in [2.05, 4.69) is 22.3 Å². The van der Waals surface area contributed by atoms with E-state index in [1.165, 1.54) is 11.1 Å². The molecule has 0 radical (unpaired) electrons. The summed E-state index contributed by atoms with van der Waals surface area (Å²) in [6, 6.07) is 11.8. The minimum atomic E-state index is -3.61. The number of ether oxygens (including phenoxy) is 2. The third kappa shape index (κ3) is 7.87. The van der Waals surface area contributed by atoms with Crippen LogP contribution in [0.25, 0.3) is 0 Å². The number of nitrogens with two attached hydrogens (primary N) is 1. The van der Waals surface area contributed by atoms with Crippen molar-refractivity contribution < 1.29 is 27.5 Å². The Balaban J connectivity index is 1.38. The van der Waals surface area contributed by atoms with E-state index >= 15 is 0 Å². The van der Waals surface area contributed by atoms with Gasteiger partial charge in [-0.25, -0.2) is 18.4 Å². The molecule has 2 aromatic rings. The summed E-state index contributed by atoms with van der Waals surface area (Å²) in [5.74, 6) is 0.685. The lowest BCUT2D eigenvalue weighted by Crippen LogP contribution is -2.48. The van der Waals surface area contributed by atoms with Crippen molar-refractivity contribution in [3.05, 3.63) is 58.1 Å². The number of esters is 1. The number of anilines is 1. The molecule has 3 N–H and O–H groups in total. The number of hydrogen-bond acceptors (Lipinski definition) is 7. The number of nitrogens with one attached hydrogen (secondary N) is 1. The molecule has 1 saturated carbocycles. The molecule has 1 amide bonds. The van der Waals surface area contributed by atoms with Gasteiger partial charge in [0.15, 0.2) is 0 Å². The van der Waals surface area contributed by atoms with E-state index in [0.717, 1.165) is 68.1 Å². The predicted octanol–water partition coefficient (Wildman–Crippen LogP) is 4.98. The lowest BCUT2D eigenvalue weighted by atomic mass is 9.69. The van der Waals surface area contributed by atoms with Crippen LogP contribution < -0.4 is 20.1 Å². The highest BCUT2D eigenvalue weighted by molar-refractivity contribution is 7.89. The SMILES string of the molecule is CC(C)(C)OC(=O)c1ccc2c(c1)N(C[C@@H]1CC[C@H]1CCC(=O)NCCS(N)(=O)=O)CC1(CCCc3cc(Cl)ccc31)CO2. The van der Waals surface area contributed by atoms with E-state index in [9.17, 15) is 18.0 Å². The van der Waals surface area contributed by atoms with Gasteiger partial charge in [-0.1, -0.05) is 17.7 Å². The maximum absolute atomic E-state index is 13.1. The van der Waals surface area contributed by atoms with E-state index in [4.69, 9.17) is 26.2 Å². The molecular formula is C33H44ClN3O6S. The van der Waals surface area contributed by atoms with Gasteiger partial charge in [0.2, 0.25) is 15.9 Å². The zero-order valence-electron chi connectivity index (χ0n) is 25.9. The van der Waals surface area contributed by atoms with Crippen LogP contribution >= 0.6 is 11.6 Å². The smallest absolute Gasteiger partial charge is 0.338 e. The number of carbonyl (C=O) groups excluding carboxylic acids is 2. The fraction of sp³-hybridized carbons (Fsp3) is 0.576. The van der Waals surface area contributed by atoms with Gasteiger partial charge in [0.05, 0.1) is 23.6 Å². The van der Waals surface area contributed by atoms with E-state index in [0.29, 0.717) is 30.4 Å². The molecule has 9 nitrogen and oxygen atoms in total. The van der Waals surface area contributed by atoms with Crippen molar-refractivity contribution in [3.63, 3.8) is 0 Å². The Morgan fingerprint density at radius 2 is 1.93 bits per heavy atom. The molecule has 1 aliphatic heterocycles. The van der Waals surface area contributed by atoms with Gasteiger partial charge in [0, 0.05) is 36.5 Å². The molecule has 240 valence electrons. The molecule has 1 spiro atoms. The first kappa shape index (κ1) is 32.6. The molecule has 5 rings (SSSR count). The van der Waals surface area contributed by atoms with E-state index in [-0.39, 0.29) is 29.6 Å². The van der Waals surface area contributed by atoms with Gasteiger partial charge in [-0.3, -0.25) is 4.79 Å². The van der Waals surface area contributed by atoms with Crippen LogP contribution in [0.1, 0.15) is 80.8 Å². The standard InChI is InChI=1S/C33H44ClN3O6S/c1-32(2,3)43-31(39)24-8-12-29-28(18-24)37(19-25-7-6-22(25)9-13-30(38)36-15-16-44(35,40)41)20-33(21-42-29)14-4-5-23-17-26(34)10-11-27(23)33/h8,10-12,17-18,22,25H,4-7,9,13-16,19-21H2,1-3H3,(H,36,38)(H2,35,40,41)/t22-,25-,33?/m0/s1. The molecule has 0 aromatic heterocycles. The Morgan fingerprint density at radius 3 is 2.64 bits per heavy atom. The normalized spacial score (nSPS) is 23.1. The minimum absolute atomic E-state index is 0.0189. The van der Waals surface area contributed by atoms with Crippen molar-refractivity contribution in [2.45, 2.75) is 76.7 Å². The molecule has 2 aliphatic carbocycles. The van der Waals surface area contributed by atoms with E-state index in [1.54, 1.807) is 6.07 Å². The first-order chi connectivity index (χ1) is 20.7. The average molecular weight is 646 g/mol. The van der Waals surface area contributed by atoms with Crippen LogP contribution in [0.4, 0.5) is 5.69 Å². The molecule has 2 aromatic carbocycles. The largest absolute Gasteiger partial charge is 0.490 e. The Bertz CT molecular complexity index is 1510. The van der Waals surface area contributed by atoms with Gasteiger partial charge >= 0.3 is 5.97 Å². The number of amides is 1. The van der Waals surface area contributed by atoms with Crippen LogP contribution in [0.3, 0.4) is 0 Å². The quantitative estimate of drug-likeness (QED) is 0.368. The van der Waals surface area contributed by atoms with Crippen LogP contribution in [0.15, 0.2) is 36.4 Å². The van der Waals surface area contributed by atoms with Crippen molar-refractivity contribution in [2.24, 2.45) is 17.0 Å². The predicted molar refractivity (Wildman–Crippen MR) is 172 cm³/mol. The Hall–Kier alpha value is -2.82. The number of aryl methyl sites for hydroxylation is 1. The van der Waals surface area contributed by atoms with Crippen LogP contribution in [-0.2, 0) is 31.4 Å². The highest BCUT2D eigenvalue weighted by Gasteiger charge is 2.43. The number of sulfonamides is 1. The lowest BCUT2D eigenvalue weighted by molar-refractivity contribution is -0.121. The molecule has 0 saturated heterocycles. The summed E-state index contributed by atoms with van der Waals surface area (Å²) in [5.41, 5.74) is 3.08. The van der Waals surface area contributed by atoms with Crippen molar-refractivity contribution in [3.8, 4) is 5.75 Å². The summed E-state index contributed by atoms with van der Waals surface area (Å²) < 4.78 is 34.6. The minimum Gasteiger partial charge on any atom is -0.490 e. The second-order valence-electron chi connectivity index (χ2n) is 13.6. The third-order valence-corrected chi connectivity index (χ3v) is 10.2. The monoisotopic (exact) mass is 645 g/mol. The van der Waals surface area contributed by atoms with Gasteiger partial charge in [-0.05, 0) is 113 Å². The molecule has 3 aliphatic rings. The zero-order chi connectivity index (χ0) is 31.7. The average Bonchev–Trinajstić information content (AvgIpc) is 3.06. The lowest BCUT2D eigenvalue weighted by Gasteiger charge is -2.44. The van der Waals surface area contributed by atoms with Crippen LogP contribution in [0, 0.1) is 11.8 Å². The van der Waals surface area contributed by atoms with Gasteiger partial charge in [0.25, 0.3) is 0 Å². The van der Waals surface area contributed by atoms with Gasteiger partial charge < -0.3 is 19.7 Å². The summed E-state index contributed by atoms with van der Waals surface area (Å²) in [6.07, 6.45) is 6.16. The Morgan fingerprint density at radius 1 is 1.16 bits per heavy atom. The number of hydrogen-bond donors (Lipinski definition) is 2. The molecule has 3 atom stereocenters. The fourth-order valence-electron chi connectivity index (χ4n) is 6.86. The van der Waals surface area contributed by atoms with Gasteiger partial charge in [-0.2, -0.15) is 0 Å². The van der Waals surface area contributed by atoms with Crippen LogP contribution in [-0.4, -0.2) is 57.9 Å². The van der Waals surface area contributed by atoms with E-state index in [1.807, 2.05) is 39.0 Å². The molecule has 1 unspecified atom stereocenters. The maximum atomic E-state index is 13.1. The molecular weight excluding hydrogens is 602 g/mol. The number of fused-ring (bicyclic) bond motifs is 3. The van der Waals surface area contributed by atoms with E-state index < -0.39 is 15.6 Å². The number of nitrogens with zero attached hydrogens (tertiary/aromatic N) is 1. The summed E-state index contributed by atoms with van der Waals surface area (Å²) >= 11 is 6.40. The molecule has 0 bridgehead atoms. The van der Waals surface area contributed by atoms with Crippen LogP contribution in [0.5, 0.6) is 5.75 Å². The highest BCUT2D eigenvalue weighted by atomic mass is 35.5. The number of benzene rings is 2. The summed E-state index contributed by atoms with van der Waals surface area (Å²) in [4.78, 5) is 27.9. The fourth-order valence-corrected chi connectivity index (χ4v) is 7.44. The highest BCUT2D eigenvalue weighted by Crippen LogP contribution is 2.46. The number of halogens is 1. The second-order valence-corrected chi connectivity index (χ2v) is 15.8. The number of carbonyl (C=O) groups is 2. The molecule has 1 fully saturated rings. The van der Waals surface area contributed by atoms with Crippen LogP contribution in [0.2, 0.25) is 5.02 Å². The summed E-state index contributed by atoms with van der Waals surface area (Å²) in [6.45, 7) is 7.64. The number of rotatable bonds is 9. The van der Waals surface area contributed by atoms with Gasteiger partial charge in [0.1, 0.15) is 11.4 Å². The molecule has 44 heavy (non-hydrogen) atoms.